The number of aliphatic carboxylic acids is 1. The number of rotatable bonds is 3. The monoisotopic (exact) mass is 200 g/mol. The van der Waals surface area contributed by atoms with E-state index in [9.17, 15) is 9.59 Å². The summed E-state index contributed by atoms with van der Waals surface area (Å²) in [6.45, 7) is 2.56. The average Bonchev–Trinajstić information content (AvgIpc) is 2.48. The number of hydrogen-bond donors (Lipinski definition) is 2. The van der Waals surface area contributed by atoms with Crippen LogP contribution in [0.15, 0.2) is 0 Å². The molecule has 2 atom stereocenters. The van der Waals surface area contributed by atoms with Crippen molar-refractivity contribution < 1.29 is 14.7 Å². The average molecular weight is 200 g/mol. The number of carboxylic acids is 1. The zero-order chi connectivity index (χ0) is 10.7. The van der Waals surface area contributed by atoms with Crippen molar-refractivity contribution in [3.63, 3.8) is 0 Å². The minimum absolute atomic E-state index is 0.0700. The highest BCUT2D eigenvalue weighted by Gasteiger charge is 2.31. The molecule has 0 bridgehead atoms. The van der Waals surface area contributed by atoms with Gasteiger partial charge in [-0.05, 0) is 19.9 Å². The van der Waals surface area contributed by atoms with E-state index in [-0.39, 0.29) is 24.4 Å². The van der Waals surface area contributed by atoms with Gasteiger partial charge in [0.15, 0.2) is 0 Å². The van der Waals surface area contributed by atoms with E-state index in [0.717, 1.165) is 13.0 Å². The van der Waals surface area contributed by atoms with Gasteiger partial charge < -0.3 is 15.3 Å². The Morgan fingerprint density at radius 3 is 2.64 bits per heavy atom. The van der Waals surface area contributed by atoms with E-state index in [1.165, 1.54) is 11.9 Å². The smallest absolute Gasteiger partial charge is 0.323 e. The summed E-state index contributed by atoms with van der Waals surface area (Å²) in [6.07, 6.45) is 0.796. The topological polar surface area (TPSA) is 69.6 Å². The summed E-state index contributed by atoms with van der Waals surface area (Å²) in [4.78, 5) is 23.4. The molecule has 0 aromatic rings. The molecule has 5 heteroatoms. The third-order valence-corrected chi connectivity index (χ3v) is 2.59. The molecule has 0 aliphatic carbocycles. The zero-order valence-corrected chi connectivity index (χ0v) is 8.49. The molecule has 1 aliphatic rings. The summed E-state index contributed by atoms with van der Waals surface area (Å²) in [5, 5.41) is 11.7. The van der Waals surface area contributed by atoms with Crippen LogP contribution in [0.4, 0.5) is 0 Å². The Balaban J connectivity index is 2.51. The fourth-order valence-corrected chi connectivity index (χ4v) is 1.76. The molecule has 0 saturated carbocycles. The van der Waals surface area contributed by atoms with E-state index in [2.05, 4.69) is 5.32 Å². The van der Waals surface area contributed by atoms with Crippen molar-refractivity contribution in [2.75, 3.05) is 20.1 Å². The van der Waals surface area contributed by atoms with Gasteiger partial charge >= 0.3 is 5.97 Å². The third-order valence-electron chi connectivity index (χ3n) is 2.59. The number of hydrogen-bond acceptors (Lipinski definition) is 3. The van der Waals surface area contributed by atoms with Gasteiger partial charge in [0.2, 0.25) is 5.91 Å². The number of nitrogens with zero attached hydrogens (tertiary/aromatic N) is 1. The van der Waals surface area contributed by atoms with E-state index >= 15 is 0 Å². The van der Waals surface area contributed by atoms with Gasteiger partial charge in [-0.15, -0.1) is 0 Å². The Morgan fingerprint density at radius 2 is 2.21 bits per heavy atom. The van der Waals surface area contributed by atoms with Crippen molar-refractivity contribution in [3.05, 3.63) is 0 Å². The van der Waals surface area contributed by atoms with Crippen molar-refractivity contribution in [2.24, 2.45) is 5.92 Å². The van der Waals surface area contributed by atoms with Crippen LogP contribution in [0, 0.1) is 5.92 Å². The molecule has 0 spiro atoms. The molecule has 1 heterocycles. The SMILES string of the molecule is CC1NCCC1C(=O)N(C)CC(=O)O. The predicted molar refractivity (Wildman–Crippen MR) is 50.8 cm³/mol. The number of nitrogens with one attached hydrogen (secondary N) is 1. The predicted octanol–water partition coefficient (Wildman–Crippen LogP) is -0.473. The first-order chi connectivity index (χ1) is 6.52. The first-order valence-corrected chi connectivity index (χ1v) is 4.72. The molecule has 0 aromatic heterocycles. The van der Waals surface area contributed by atoms with Gasteiger partial charge in [0.05, 0.1) is 5.92 Å². The van der Waals surface area contributed by atoms with E-state index in [1.807, 2.05) is 6.92 Å². The molecule has 1 aliphatic heterocycles. The summed E-state index contributed by atoms with van der Waals surface area (Å²) in [6, 6.07) is 0.152. The fourth-order valence-electron chi connectivity index (χ4n) is 1.76. The van der Waals surface area contributed by atoms with Crippen LogP contribution in [0.25, 0.3) is 0 Å². The zero-order valence-electron chi connectivity index (χ0n) is 8.49. The number of carbonyl (C=O) groups excluding carboxylic acids is 1. The first-order valence-electron chi connectivity index (χ1n) is 4.72. The second-order valence-electron chi connectivity index (χ2n) is 3.73. The molecule has 14 heavy (non-hydrogen) atoms. The standard InChI is InChI=1S/C9H16N2O3/c1-6-7(3-4-10-6)9(14)11(2)5-8(12)13/h6-7,10H,3-5H2,1-2H3,(H,12,13). The number of carboxylic acid groups (broad SMARTS) is 1. The summed E-state index contributed by atoms with van der Waals surface area (Å²) >= 11 is 0. The summed E-state index contributed by atoms with van der Waals surface area (Å²) in [5.74, 6) is -1.12. The summed E-state index contributed by atoms with van der Waals surface area (Å²) in [5.41, 5.74) is 0. The van der Waals surface area contributed by atoms with Gasteiger partial charge in [0.1, 0.15) is 6.54 Å². The van der Waals surface area contributed by atoms with E-state index in [4.69, 9.17) is 5.11 Å². The Kier molecular flexibility index (Phi) is 3.46. The maximum atomic E-state index is 11.7. The second-order valence-corrected chi connectivity index (χ2v) is 3.73. The highest BCUT2D eigenvalue weighted by atomic mass is 16.4. The highest BCUT2D eigenvalue weighted by molar-refractivity contribution is 5.83. The Morgan fingerprint density at radius 1 is 1.57 bits per heavy atom. The van der Waals surface area contributed by atoms with E-state index in [0.29, 0.717) is 0 Å². The molecule has 1 rings (SSSR count). The third kappa shape index (κ3) is 2.45. The first kappa shape index (κ1) is 11.0. The molecule has 2 unspecified atom stereocenters. The summed E-state index contributed by atoms with van der Waals surface area (Å²) < 4.78 is 0. The van der Waals surface area contributed by atoms with Crippen LogP contribution < -0.4 is 5.32 Å². The van der Waals surface area contributed by atoms with Crippen LogP contribution in [0.5, 0.6) is 0 Å². The van der Waals surface area contributed by atoms with E-state index in [1.54, 1.807) is 0 Å². The lowest BCUT2D eigenvalue weighted by Crippen LogP contribution is -2.40. The van der Waals surface area contributed by atoms with Crippen LogP contribution in [-0.2, 0) is 9.59 Å². The maximum absolute atomic E-state index is 11.7. The Hall–Kier alpha value is -1.10. The van der Waals surface area contributed by atoms with Crippen molar-refractivity contribution in [1.82, 2.24) is 10.2 Å². The van der Waals surface area contributed by atoms with Crippen LogP contribution in [0.2, 0.25) is 0 Å². The molecule has 2 N–H and O–H groups in total. The largest absolute Gasteiger partial charge is 0.480 e. The Bertz CT molecular complexity index is 242. The van der Waals surface area contributed by atoms with Crippen molar-refractivity contribution in [1.29, 1.82) is 0 Å². The molecular formula is C9H16N2O3. The van der Waals surface area contributed by atoms with Crippen LogP contribution in [0.1, 0.15) is 13.3 Å². The molecule has 0 aromatic carbocycles. The second kappa shape index (κ2) is 4.41. The van der Waals surface area contributed by atoms with E-state index < -0.39 is 5.97 Å². The van der Waals surface area contributed by atoms with Gasteiger partial charge in [-0.3, -0.25) is 9.59 Å². The molecule has 0 radical (unpaired) electrons. The van der Waals surface area contributed by atoms with Gasteiger partial charge in [-0.2, -0.15) is 0 Å². The lowest BCUT2D eigenvalue weighted by Gasteiger charge is -2.21. The summed E-state index contributed by atoms with van der Waals surface area (Å²) in [7, 11) is 1.53. The van der Waals surface area contributed by atoms with Crippen LogP contribution >= 0.6 is 0 Å². The quantitative estimate of drug-likeness (QED) is 0.646. The van der Waals surface area contributed by atoms with Gasteiger partial charge in [-0.1, -0.05) is 0 Å². The maximum Gasteiger partial charge on any atom is 0.323 e. The van der Waals surface area contributed by atoms with Crippen molar-refractivity contribution >= 4 is 11.9 Å². The van der Waals surface area contributed by atoms with Gasteiger partial charge in [0, 0.05) is 13.1 Å². The highest BCUT2D eigenvalue weighted by Crippen LogP contribution is 2.17. The fraction of sp³-hybridized carbons (Fsp3) is 0.778. The molecular weight excluding hydrogens is 184 g/mol. The number of likely N-dealkylation sites (N-methyl/N-ethyl adjacent to an activating group) is 1. The minimum atomic E-state index is -0.973. The number of carbonyl (C=O) groups is 2. The normalized spacial score (nSPS) is 26.1. The molecule has 5 nitrogen and oxygen atoms in total. The van der Waals surface area contributed by atoms with Gasteiger partial charge in [-0.25, -0.2) is 0 Å². The minimum Gasteiger partial charge on any atom is -0.480 e. The molecule has 80 valence electrons. The molecule has 1 saturated heterocycles. The lowest BCUT2D eigenvalue weighted by molar-refractivity contribution is -0.145. The molecule has 1 fully saturated rings. The van der Waals surface area contributed by atoms with Crippen LogP contribution in [-0.4, -0.2) is 48.1 Å². The van der Waals surface area contributed by atoms with Gasteiger partial charge in [0.25, 0.3) is 0 Å². The lowest BCUT2D eigenvalue weighted by atomic mass is 10.0. The Labute approximate surface area is 83.1 Å². The molecule has 1 amide bonds. The van der Waals surface area contributed by atoms with Crippen molar-refractivity contribution in [2.45, 2.75) is 19.4 Å². The van der Waals surface area contributed by atoms with Crippen molar-refractivity contribution in [3.8, 4) is 0 Å². The van der Waals surface area contributed by atoms with Crippen LogP contribution in [0.3, 0.4) is 0 Å². The number of amides is 1.